The quantitative estimate of drug-likeness (QED) is 0.730. The minimum atomic E-state index is -0.428. The van der Waals surface area contributed by atoms with Crippen LogP contribution in [0.2, 0.25) is 0 Å². The number of carbonyl (C=O) groups is 1. The van der Waals surface area contributed by atoms with E-state index in [-0.39, 0.29) is 0 Å². The maximum atomic E-state index is 11.6. The lowest BCUT2D eigenvalue weighted by Gasteiger charge is -2.04. The predicted octanol–water partition coefficient (Wildman–Crippen LogP) is 3.44. The van der Waals surface area contributed by atoms with Crippen molar-refractivity contribution in [1.29, 1.82) is 0 Å². The van der Waals surface area contributed by atoms with E-state index in [1.54, 1.807) is 25.3 Å². The number of benzene rings is 1. The first-order chi connectivity index (χ1) is 11.3. The Balaban J connectivity index is 1.73. The van der Waals surface area contributed by atoms with Gasteiger partial charge in [-0.05, 0) is 31.2 Å². The van der Waals surface area contributed by atoms with Crippen molar-refractivity contribution in [3.8, 4) is 22.9 Å². The minimum Gasteiger partial charge on any atom is -0.461 e. The van der Waals surface area contributed by atoms with Crippen LogP contribution in [-0.2, 0) is 4.74 Å². The number of ether oxygens (including phenoxy) is 2. The van der Waals surface area contributed by atoms with E-state index in [4.69, 9.17) is 9.47 Å². The van der Waals surface area contributed by atoms with Gasteiger partial charge in [0.2, 0.25) is 5.88 Å². The van der Waals surface area contributed by atoms with E-state index < -0.39 is 5.97 Å². The third-order valence-corrected chi connectivity index (χ3v) is 3.07. The van der Waals surface area contributed by atoms with Gasteiger partial charge in [0.1, 0.15) is 11.4 Å². The van der Waals surface area contributed by atoms with E-state index in [1.165, 1.54) is 0 Å². The van der Waals surface area contributed by atoms with E-state index in [0.29, 0.717) is 23.9 Å². The summed E-state index contributed by atoms with van der Waals surface area (Å²) in [6.07, 6.45) is 1.64. The van der Waals surface area contributed by atoms with E-state index in [0.717, 1.165) is 11.3 Å². The summed E-state index contributed by atoms with van der Waals surface area (Å²) in [4.78, 5) is 15.9. The van der Waals surface area contributed by atoms with Crippen molar-refractivity contribution in [1.82, 2.24) is 15.2 Å². The van der Waals surface area contributed by atoms with Gasteiger partial charge in [-0.15, -0.1) is 0 Å². The molecule has 0 saturated heterocycles. The molecule has 0 spiro atoms. The molecule has 1 N–H and O–H groups in total. The Morgan fingerprint density at radius 1 is 1.17 bits per heavy atom. The van der Waals surface area contributed by atoms with Crippen molar-refractivity contribution in [2.45, 2.75) is 6.92 Å². The predicted molar refractivity (Wildman–Crippen MR) is 84.3 cm³/mol. The van der Waals surface area contributed by atoms with E-state index in [2.05, 4.69) is 15.2 Å². The average Bonchev–Trinajstić information content (AvgIpc) is 3.07. The Morgan fingerprint density at radius 3 is 2.70 bits per heavy atom. The number of nitrogens with one attached hydrogen (secondary N) is 1. The lowest BCUT2D eigenvalue weighted by atomic mass is 10.2. The highest BCUT2D eigenvalue weighted by atomic mass is 16.5. The topological polar surface area (TPSA) is 77.1 Å². The fraction of sp³-hybridized carbons (Fsp3) is 0.118. The first-order valence-corrected chi connectivity index (χ1v) is 7.18. The van der Waals surface area contributed by atoms with Gasteiger partial charge in [-0.25, -0.2) is 9.78 Å². The number of esters is 1. The zero-order valence-corrected chi connectivity index (χ0v) is 12.5. The van der Waals surface area contributed by atoms with Crippen LogP contribution < -0.4 is 4.74 Å². The van der Waals surface area contributed by atoms with Crippen molar-refractivity contribution in [3.05, 3.63) is 60.4 Å². The largest absolute Gasteiger partial charge is 0.461 e. The molecule has 2 aromatic heterocycles. The van der Waals surface area contributed by atoms with Gasteiger partial charge in [-0.1, -0.05) is 18.2 Å². The van der Waals surface area contributed by atoms with Crippen molar-refractivity contribution in [2.24, 2.45) is 0 Å². The van der Waals surface area contributed by atoms with Crippen LogP contribution in [0, 0.1) is 0 Å². The van der Waals surface area contributed by atoms with Gasteiger partial charge in [0.05, 0.1) is 12.3 Å². The first kappa shape index (κ1) is 14.8. The normalized spacial score (nSPS) is 10.3. The third kappa shape index (κ3) is 3.55. The number of H-pyrrole nitrogens is 1. The highest BCUT2D eigenvalue weighted by Gasteiger charge is 2.12. The van der Waals surface area contributed by atoms with Crippen molar-refractivity contribution < 1.29 is 14.3 Å². The van der Waals surface area contributed by atoms with Gasteiger partial charge in [0.25, 0.3) is 0 Å². The van der Waals surface area contributed by atoms with Crippen LogP contribution in [0.5, 0.6) is 11.6 Å². The Kier molecular flexibility index (Phi) is 4.33. The summed E-state index contributed by atoms with van der Waals surface area (Å²) >= 11 is 0. The molecule has 116 valence electrons. The second-order valence-electron chi connectivity index (χ2n) is 4.69. The van der Waals surface area contributed by atoms with Crippen LogP contribution in [0.4, 0.5) is 0 Å². The van der Waals surface area contributed by atoms with Gasteiger partial charge >= 0.3 is 5.97 Å². The van der Waals surface area contributed by atoms with E-state index in [9.17, 15) is 4.79 Å². The lowest BCUT2D eigenvalue weighted by molar-refractivity contribution is 0.0519. The zero-order valence-electron chi connectivity index (χ0n) is 12.5. The molecule has 6 nitrogen and oxygen atoms in total. The van der Waals surface area contributed by atoms with Gasteiger partial charge in [0, 0.05) is 17.8 Å². The molecule has 0 bridgehead atoms. The molecule has 2 heterocycles. The van der Waals surface area contributed by atoms with Gasteiger partial charge < -0.3 is 9.47 Å². The summed E-state index contributed by atoms with van der Waals surface area (Å²) in [6.45, 7) is 2.07. The summed E-state index contributed by atoms with van der Waals surface area (Å²) in [7, 11) is 0. The molecule has 0 fully saturated rings. The Morgan fingerprint density at radius 2 is 2.00 bits per heavy atom. The third-order valence-electron chi connectivity index (χ3n) is 3.07. The monoisotopic (exact) mass is 309 g/mol. The summed E-state index contributed by atoms with van der Waals surface area (Å²) in [5.74, 6) is 0.779. The highest BCUT2D eigenvalue weighted by Crippen LogP contribution is 2.22. The number of rotatable bonds is 5. The standard InChI is InChI=1S/C17H15N3O3/c1-2-22-17(21)15-10-14(19-20-15)12-8-9-16(18-11-12)23-13-6-4-3-5-7-13/h3-11H,2H2,1H3,(H,19,20). The number of aromatic nitrogens is 3. The SMILES string of the molecule is CCOC(=O)c1cc(-c2ccc(Oc3ccccc3)nc2)n[nH]1. The maximum Gasteiger partial charge on any atom is 0.356 e. The second-order valence-corrected chi connectivity index (χ2v) is 4.69. The molecule has 1 aromatic carbocycles. The fourth-order valence-electron chi connectivity index (χ4n) is 1.98. The first-order valence-electron chi connectivity index (χ1n) is 7.18. The van der Waals surface area contributed by atoms with Crippen LogP contribution in [0.1, 0.15) is 17.4 Å². The molecule has 0 radical (unpaired) electrons. The van der Waals surface area contributed by atoms with Gasteiger partial charge in [-0.3, -0.25) is 5.10 Å². The minimum absolute atomic E-state index is 0.312. The number of nitrogens with zero attached hydrogens (tertiary/aromatic N) is 2. The zero-order chi connectivity index (χ0) is 16.1. The van der Waals surface area contributed by atoms with Crippen LogP contribution in [0.15, 0.2) is 54.7 Å². The van der Waals surface area contributed by atoms with Crippen molar-refractivity contribution >= 4 is 5.97 Å². The highest BCUT2D eigenvalue weighted by molar-refractivity contribution is 5.88. The van der Waals surface area contributed by atoms with Gasteiger partial charge in [0.15, 0.2) is 0 Å². The second kappa shape index (κ2) is 6.74. The maximum absolute atomic E-state index is 11.6. The molecule has 0 atom stereocenters. The van der Waals surface area contributed by atoms with Crippen LogP contribution in [0.25, 0.3) is 11.3 Å². The molecule has 0 aliphatic carbocycles. The number of aromatic amines is 1. The summed E-state index contributed by atoms with van der Waals surface area (Å²) < 4.78 is 10.5. The number of hydrogen-bond donors (Lipinski definition) is 1. The van der Waals surface area contributed by atoms with Crippen LogP contribution in [-0.4, -0.2) is 27.8 Å². The summed E-state index contributed by atoms with van der Waals surface area (Å²) in [6, 6.07) is 14.6. The summed E-state index contributed by atoms with van der Waals surface area (Å²) in [5, 5.41) is 6.76. The van der Waals surface area contributed by atoms with E-state index in [1.807, 2.05) is 36.4 Å². The molecule has 0 unspecified atom stereocenters. The molecule has 0 saturated carbocycles. The Bertz CT molecular complexity index is 782. The van der Waals surface area contributed by atoms with Crippen LogP contribution >= 0.6 is 0 Å². The van der Waals surface area contributed by atoms with Crippen LogP contribution in [0.3, 0.4) is 0 Å². The van der Waals surface area contributed by atoms with Gasteiger partial charge in [-0.2, -0.15) is 5.10 Å². The molecule has 0 aliphatic heterocycles. The number of carbonyl (C=O) groups excluding carboxylic acids is 1. The molecular formula is C17H15N3O3. The molecule has 3 rings (SSSR count). The van der Waals surface area contributed by atoms with Crippen molar-refractivity contribution in [2.75, 3.05) is 6.61 Å². The number of hydrogen-bond acceptors (Lipinski definition) is 5. The summed E-state index contributed by atoms with van der Waals surface area (Å²) in [5.41, 5.74) is 1.70. The average molecular weight is 309 g/mol. The molecule has 0 amide bonds. The van der Waals surface area contributed by atoms with E-state index >= 15 is 0 Å². The molecule has 3 aromatic rings. The Labute approximate surface area is 133 Å². The molecular weight excluding hydrogens is 294 g/mol. The Hall–Kier alpha value is -3.15. The van der Waals surface area contributed by atoms with Crippen molar-refractivity contribution in [3.63, 3.8) is 0 Å². The number of para-hydroxylation sites is 1. The smallest absolute Gasteiger partial charge is 0.356 e. The molecule has 0 aliphatic rings. The molecule has 6 heteroatoms. The number of pyridine rings is 1. The fourth-order valence-corrected chi connectivity index (χ4v) is 1.98. The lowest BCUT2D eigenvalue weighted by Crippen LogP contribution is -2.04. The molecule has 23 heavy (non-hydrogen) atoms.